The van der Waals surface area contributed by atoms with Crippen molar-refractivity contribution in [3.63, 3.8) is 0 Å². The van der Waals surface area contributed by atoms with Gasteiger partial charge in [-0.25, -0.2) is 0 Å². The average Bonchev–Trinajstić information content (AvgIpc) is 2.90. The minimum atomic E-state index is -4.08. The zero-order chi connectivity index (χ0) is 12.8. The first-order valence-electron chi connectivity index (χ1n) is 6.36. The predicted molar refractivity (Wildman–Crippen MR) is 69.1 cm³/mol. The molecule has 2 fully saturated rings. The van der Waals surface area contributed by atoms with Crippen molar-refractivity contribution in [3.05, 3.63) is 24.3 Å². The minimum Gasteiger partial charge on any atom is -0.382 e. The number of hydrogen-bond acceptors (Lipinski definition) is 3. The summed E-state index contributed by atoms with van der Waals surface area (Å²) in [6, 6.07) is 6.83. The van der Waals surface area contributed by atoms with E-state index in [4.69, 9.17) is 4.55 Å². The summed E-state index contributed by atoms with van der Waals surface area (Å²) in [6.07, 6.45) is 5.24. The van der Waals surface area contributed by atoms with Crippen LogP contribution >= 0.6 is 0 Å². The third-order valence-corrected chi connectivity index (χ3v) is 5.11. The molecular formula is C13H17NO3S. The third kappa shape index (κ3) is 2.24. The highest BCUT2D eigenvalue weighted by atomic mass is 32.2. The number of rotatable bonds is 3. The van der Waals surface area contributed by atoms with Crippen LogP contribution in [0.5, 0.6) is 0 Å². The second-order valence-corrected chi connectivity index (χ2v) is 6.85. The lowest BCUT2D eigenvalue weighted by Gasteiger charge is -2.24. The van der Waals surface area contributed by atoms with E-state index < -0.39 is 10.1 Å². The van der Waals surface area contributed by atoms with Crippen LogP contribution < -0.4 is 5.32 Å². The molecule has 3 rings (SSSR count). The Kier molecular flexibility index (Phi) is 2.83. The third-order valence-electron chi connectivity index (χ3n) is 4.24. The zero-order valence-corrected chi connectivity index (χ0v) is 10.9. The van der Waals surface area contributed by atoms with E-state index in [0.29, 0.717) is 6.04 Å². The van der Waals surface area contributed by atoms with Crippen LogP contribution in [-0.4, -0.2) is 19.0 Å². The van der Waals surface area contributed by atoms with Crippen LogP contribution in [0.25, 0.3) is 0 Å². The zero-order valence-electron chi connectivity index (χ0n) is 10.0. The van der Waals surface area contributed by atoms with Crippen molar-refractivity contribution in [2.75, 3.05) is 5.32 Å². The van der Waals surface area contributed by atoms with Gasteiger partial charge in [0.1, 0.15) is 0 Å². The van der Waals surface area contributed by atoms with Crippen molar-refractivity contribution >= 4 is 15.8 Å². The molecule has 98 valence electrons. The molecule has 0 radical (unpaired) electrons. The van der Waals surface area contributed by atoms with Crippen LogP contribution in [0.2, 0.25) is 0 Å². The summed E-state index contributed by atoms with van der Waals surface area (Å²) in [4.78, 5) is -0.0546. The van der Waals surface area contributed by atoms with E-state index in [-0.39, 0.29) is 4.90 Å². The van der Waals surface area contributed by atoms with Gasteiger partial charge in [0.15, 0.2) is 0 Å². The van der Waals surface area contributed by atoms with Gasteiger partial charge in [-0.15, -0.1) is 0 Å². The van der Waals surface area contributed by atoms with Gasteiger partial charge >= 0.3 is 0 Å². The van der Waals surface area contributed by atoms with Crippen LogP contribution in [0.3, 0.4) is 0 Å². The molecule has 18 heavy (non-hydrogen) atoms. The molecule has 0 spiro atoms. The van der Waals surface area contributed by atoms with Gasteiger partial charge in [-0.2, -0.15) is 8.42 Å². The van der Waals surface area contributed by atoms with Crippen molar-refractivity contribution in [1.82, 2.24) is 0 Å². The van der Waals surface area contributed by atoms with E-state index in [9.17, 15) is 8.42 Å². The molecule has 0 saturated heterocycles. The molecule has 2 aliphatic rings. The predicted octanol–water partition coefficient (Wildman–Crippen LogP) is 2.53. The van der Waals surface area contributed by atoms with Crippen molar-refractivity contribution in [1.29, 1.82) is 0 Å². The fourth-order valence-electron chi connectivity index (χ4n) is 3.36. The van der Waals surface area contributed by atoms with Gasteiger partial charge in [-0.05, 0) is 55.4 Å². The first kappa shape index (κ1) is 12.0. The molecule has 0 amide bonds. The van der Waals surface area contributed by atoms with Gasteiger partial charge in [0.2, 0.25) is 0 Å². The fraction of sp³-hybridized carbons (Fsp3) is 0.538. The molecule has 2 saturated carbocycles. The average molecular weight is 267 g/mol. The maximum atomic E-state index is 10.9. The van der Waals surface area contributed by atoms with Gasteiger partial charge in [0.05, 0.1) is 4.90 Å². The van der Waals surface area contributed by atoms with E-state index in [1.807, 2.05) is 0 Å². The fourth-order valence-corrected chi connectivity index (χ4v) is 3.84. The molecule has 1 aromatic rings. The van der Waals surface area contributed by atoms with Gasteiger partial charge in [0.25, 0.3) is 10.1 Å². The van der Waals surface area contributed by atoms with E-state index in [0.717, 1.165) is 17.5 Å². The molecule has 0 aromatic heterocycles. The standard InChI is InChI=1S/C13H17NO3S/c15-18(16,17)12-5-3-11(4-6-12)14-13-8-9-1-2-10(13)7-9/h3-6,9-10,13-14H,1-2,7-8H2,(H,15,16,17)/t9?,10?,13-/m1/s1. The van der Waals surface area contributed by atoms with Crippen molar-refractivity contribution < 1.29 is 13.0 Å². The van der Waals surface area contributed by atoms with Crippen molar-refractivity contribution in [3.8, 4) is 0 Å². The van der Waals surface area contributed by atoms with Gasteiger partial charge < -0.3 is 5.32 Å². The Labute approximate surface area is 107 Å². The highest BCUT2D eigenvalue weighted by molar-refractivity contribution is 7.85. The maximum Gasteiger partial charge on any atom is 0.294 e. The molecule has 2 aliphatic carbocycles. The molecule has 2 unspecified atom stereocenters. The summed E-state index contributed by atoms with van der Waals surface area (Å²) in [5.74, 6) is 1.65. The lowest BCUT2D eigenvalue weighted by atomic mass is 9.95. The summed E-state index contributed by atoms with van der Waals surface area (Å²) in [5, 5.41) is 3.47. The maximum absolute atomic E-state index is 10.9. The Morgan fingerprint density at radius 3 is 2.33 bits per heavy atom. The summed E-state index contributed by atoms with van der Waals surface area (Å²) in [7, 11) is -4.08. The van der Waals surface area contributed by atoms with Gasteiger partial charge in [-0.1, -0.05) is 6.42 Å². The van der Waals surface area contributed by atoms with Crippen molar-refractivity contribution in [2.24, 2.45) is 11.8 Å². The first-order chi connectivity index (χ1) is 8.52. The number of benzene rings is 1. The smallest absolute Gasteiger partial charge is 0.294 e. The second-order valence-electron chi connectivity index (χ2n) is 5.43. The van der Waals surface area contributed by atoms with E-state index >= 15 is 0 Å². The van der Waals surface area contributed by atoms with E-state index in [1.165, 1.54) is 37.8 Å². The normalized spacial score (nSPS) is 30.6. The molecule has 0 aliphatic heterocycles. The van der Waals surface area contributed by atoms with Crippen molar-refractivity contribution in [2.45, 2.75) is 36.6 Å². The van der Waals surface area contributed by atoms with Crippen LogP contribution in [0.1, 0.15) is 25.7 Å². The SMILES string of the molecule is O=S(=O)(O)c1ccc(N[C@@H]2CC3CCC2C3)cc1. The molecule has 2 bridgehead atoms. The molecular weight excluding hydrogens is 250 g/mol. The number of anilines is 1. The second kappa shape index (κ2) is 4.24. The minimum absolute atomic E-state index is 0.0546. The van der Waals surface area contributed by atoms with Crippen LogP contribution in [0.15, 0.2) is 29.2 Å². The van der Waals surface area contributed by atoms with Gasteiger partial charge in [0, 0.05) is 11.7 Å². The molecule has 0 heterocycles. The topological polar surface area (TPSA) is 66.4 Å². The number of nitrogens with one attached hydrogen (secondary N) is 1. The van der Waals surface area contributed by atoms with Gasteiger partial charge in [-0.3, -0.25) is 4.55 Å². The Morgan fingerprint density at radius 2 is 1.83 bits per heavy atom. The largest absolute Gasteiger partial charge is 0.382 e. The monoisotopic (exact) mass is 267 g/mol. The molecule has 5 heteroatoms. The molecule has 4 nitrogen and oxygen atoms in total. The van der Waals surface area contributed by atoms with Crippen LogP contribution in [0.4, 0.5) is 5.69 Å². The van der Waals surface area contributed by atoms with E-state index in [2.05, 4.69) is 5.32 Å². The summed E-state index contributed by atoms with van der Waals surface area (Å²) >= 11 is 0. The lowest BCUT2D eigenvalue weighted by Crippen LogP contribution is -2.25. The van der Waals surface area contributed by atoms with Crippen LogP contribution in [-0.2, 0) is 10.1 Å². The molecule has 1 aromatic carbocycles. The Balaban J connectivity index is 1.71. The quantitative estimate of drug-likeness (QED) is 0.826. The Morgan fingerprint density at radius 1 is 1.11 bits per heavy atom. The summed E-state index contributed by atoms with van der Waals surface area (Å²) in [6.45, 7) is 0. The number of hydrogen-bond donors (Lipinski definition) is 2. The summed E-state index contributed by atoms with van der Waals surface area (Å²) in [5.41, 5.74) is 0.931. The Bertz CT molecular complexity index is 538. The van der Waals surface area contributed by atoms with E-state index in [1.54, 1.807) is 12.1 Å². The Hall–Kier alpha value is -1.07. The number of fused-ring (bicyclic) bond motifs is 2. The highest BCUT2D eigenvalue weighted by Gasteiger charge is 2.39. The summed E-state index contributed by atoms with van der Waals surface area (Å²) < 4.78 is 30.8. The molecule has 2 N–H and O–H groups in total. The highest BCUT2D eigenvalue weighted by Crippen LogP contribution is 2.45. The first-order valence-corrected chi connectivity index (χ1v) is 7.80. The van der Waals surface area contributed by atoms with Crippen LogP contribution in [0, 0.1) is 11.8 Å². The lowest BCUT2D eigenvalue weighted by molar-refractivity contribution is 0.440. The molecule has 3 atom stereocenters.